The second kappa shape index (κ2) is 6.70. The van der Waals surface area contributed by atoms with Crippen LogP contribution in [0, 0.1) is 0 Å². The maximum Gasteiger partial charge on any atom is 0.305 e. The van der Waals surface area contributed by atoms with Crippen LogP contribution in [0.3, 0.4) is 0 Å². The number of carbonyl (C=O) groups excluding carboxylic acids is 2. The first-order valence-electron chi connectivity index (χ1n) is 6.25. The zero-order chi connectivity index (χ0) is 15.3. The van der Waals surface area contributed by atoms with Crippen molar-refractivity contribution < 1.29 is 19.5 Å². The van der Waals surface area contributed by atoms with E-state index in [0.29, 0.717) is 11.1 Å². The lowest BCUT2D eigenvalue weighted by atomic mass is 10.1. The van der Waals surface area contributed by atoms with Crippen LogP contribution in [0.5, 0.6) is 0 Å². The number of carbonyl (C=O) groups is 3. The topological polar surface area (TPSA) is 101 Å². The summed E-state index contributed by atoms with van der Waals surface area (Å²) in [6.45, 7) is 3.78. The molecule has 0 unspecified atom stereocenters. The molecule has 20 heavy (non-hydrogen) atoms. The Bertz CT molecular complexity index is 508. The molecule has 0 aromatic heterocycles. The summed E-state index contributed by atoms with van der Waals surface area (Å²) >= 11 is 0. The fourth-order valence-corrected chi connectivity index (χ4v) is 1.75. The molecule has 1 aromatic carbocycles. The molecule has 0 radical (unpaired) electrons. The minimum absolute atomic E-state index is 0.108. The third kappa shape index (κ3) is 4.08. The van der Waals surface area contributed by atoms with E-state index in [1.165, 1.54) is 29.2 Å². The summed E-state index contributed by atoms with van der Waals surface area (Å²) in [6.07, 6.45) is -0.108. The highest BCUT2D eigenvalue weighted by molar-refractivity contribution is 5.97. The number of benzene rings is 1. The summed E-state index contributed by atoms with van der Waals surface area (Å²) in [5, 5.41) is 8.70. The van der Waals surface area contributed by atoms with Crippen LogP contribution in [0.4, 0.5) is 0 Å². The van der Waals surface area contributed by atoms with Gasteiger partial charge in [-0.2, -0.15) is 0 Å². The second-order valence-corrected chi connectivity index (χ2v) is 4.68. The van der Waals surface area contributed by atoms with Crippen molar-refractivity contribution >= 4 is 17.8 Å². The smallest absolute Gasteiger partial charge is 0.305 e. The van der Waals surface area contributed by atoms with Crippen LogP contribution in [-0.2, 0) is 4.79 Å². The van der Waals surface area contributed by atoms with Crippen molar-refractivity contribution in [2.45, 2.75) is 26.3 Å². The number of amides is 2. The average molecular weight is 278 g/mol. The molecule has 0 fully saturated rings. The fourth-order valence-electron chi connectivity index (χ4n) is 1.75. The minimum Gasteiger partial charge on any atom is -0.481 e. The Labute approximate surface area is 117 Å². The molecule has 0 aliphatic rings. The lowest BCUT2D eigenvalue weighted by Crippen LogP contribution is -2.38. The Morgan fingerprint density at radius 2 is 1.65 bits per heavy atom. The van der Waals surface area contributed by atoms with Crippen molar-refractivity contribution in [3.63, 3.8) is 0 Å². The van der Waals surface area contributed by atoms with Crippen molar-refractivity contribution in [1.82, 2.24) is 4.90 Å². The molecule has 0 spiro atoms. The fraction of sp³-hybridized carbons (Fsp3) is 0.357. The molecule has 0 aliphatic heterocycles. The van der Waals surface area contributed by atoms with Gasteiger partial charge in [-0.15, -0.1) is 0 Å². The zero-order valence-electron chi connectivity index (χ0n) is 11.5. The van der Waals surface area contributed by atoms with Gasteiger partial charge in [0.05, 0.1) is 6.42 Å². The number of nitrogens with zero attached hydrogens (tertiary/aromatic N) is 1. The van der Waals surface area contributed by atoms with Crippen LogP contribution in [0.25, 0.3) is 0 Å². The van der Waals surface area contributed by atoms with Crippen LogP contribution in [-0.4, -0.2) is 40.4 Å². The number of aliphatic carboxylic acids is 1. The lowest BCUT2D eigenvalue weighted by molar-refractivity contribution is -0.137. The van der Waals surface area contributed by atoms with E-state index in [1.807, 2.05) is 13.8 Å². The van der Waals surface area contributed by atoms with Gasteiger partial charge in [0, 0.05) is 23.7 Å². The summed E-state index contributed by atoms with van der Waals surface area (Å²) in [4.78, 5) is 35.4. The molecular weight excluding hydrogens is 260 g/mol. The van der Waals surface area contributed by atoms with Crippen LogP contribution in [0.1, 0.15) is 41.0 Å². The van der Waals surface area contributed by atoms with E-state index in [2.05, 4.69) is 0 Å². The highest BCUT2D eigenvalue weighted by Crippen LogP contribution is 2.11. The molecule has 1 aromatic rings. The Kier molecular flexibility index (Phi) is 5.25. The van der Waals surface area contributed by atoms with Gasteiger partial charge < -0.3 is 15.7 Å². The zero-order valence-corrected chi connectivity index (χ0v) is 11.5. The molecule has 1 rings (SSSR count). The third-order valence-electron chi connectivity index (χ3n) is 2.87. The number of primary amides is 1. The molecule has 108 valence electrons. The van der Waals surface area contributed by atoms with Crippen molar-refractivity contribution in [1.29, 1.82) is 0 Å². The first-order chi connectivity index (χ1) is 9.32. The predicted molar refractivity (Wildman–Crippen MR) is 73.4 cm³/mol. The molecule has 0 aliphatic carbocycles. The number of hydrogen-bond acceptors (Lipinski definition) is 3. The lowest BCUT2D eigenvalue weighted by Gasteiger charge is -2.26. The van der Waals surface area contributed by atoms with E-state index in [9.17, 15) is 14.4 Å². The monoisotopic (exact) mass is 278 g/mol. The van der Waals surface area contributed by atoms with Crippen molar-refractivity contribution in [3.05, 3.63) is 35.4 Å². The van der Waals surface area contributed by atoms with Crippen molar-refractivity contribution in [3.8, 4) is 0 Å². The molecule has 6 nitrogen and oxygen atoms in total. The van der Waals surface area contributed by atoms with Crippen LogP contribution in [0.2, 0.25) is 0 Å². The van der Waals surface area contributed by atoms with E-state index < -0.39 is 11.9 Å². The van der Waals surface area contributed by atoms with Gasteiger partial charge in [0.1, 0.15) is 0 Å². The highest BCUT2D eigenvalue weighted by Gasteiger charge is 2.19. The molecule has 0 saturated carbocycles. The predicted octanol–water partition coefficient (Wildman–Crippen LogP) is 1.11. The Hall–Kier alpha value is -2.37. The van der Waals surface area contributed by atoms with Gasteiger partial charge in [0.2, 0.25) is 5.91 Å². The van der Waals surface area contributed by atoms with Gasteiger partial charge in [-0.05, 0) is 38.1 Å². The Morgan fingerprint density at radius 3 is 2.05 bits per heavy atom. The number of hydrogen-bond donors (Lipinski definition) is 2. The maximum absolute atomic E-state index is 12.3. The summed E-state index contributed by atoms with van der Waals surface area (Å²) in [5.74, 6) is -1.78. The largest absolute Gasteiger partial charge is 0.481 e. The van der Waals surface area contributed by atoms with E-state index in [0.717, 1.165) is 0 Å². The number of carboxylic acid groups (broad SMARTS) is 1. The number of nitrogens with two attached hydrogens (primary N) is 1. The number of carboxylic acids is 1. The minimum atomic E-state index is -0.951. The molecule has 0 bridgehead atoms. The Balaban J connectivity index is 2.88. The summed E-state index contributed by atoms with van der Waals surface area (Å²) in [7, 11) is 0. The summed E-state index contributed by atoms with van der Waals surface area (Å²) in [6, 6.07) is 5.87. The maximum atomic E-state index is 12.3. The normalized spacial score (nSPS) is 10.3. The van der Waals surface area contributed by atoms with E-state index in [1.54, 1.807) is 0 Å². The van der Waals surface area contributed by atoms with Gasteiger partial charge in [0.25, 0.3) is 5.91 Å². The average Bonchev–Trinajstić information content (AvgIpc) is 2.38. The van der Waals surface area contributed by atoms with Gasteiger partial charge in [-0.3, -0.25) is 14.4 Å². The van der Waals surface area contributed by atoms with Crippen molar-refractivity contribution in [2.75, 3.05) is 6.54 Å². The quantitative estimate of drug-likeness (QED) is 0.813. The second-order valence-electron chi connectivity index (χ2n) is 4.68. The van der Waals surface area contributed by atoms with Crippen molar-refractivity contribution in [2.24, 2.45) is 5.73 Å². The molecule has 3 N–H and O–H groups in total. The highest BCUT2D eigenvalue weighted by atomic mass is 16.4. The van der Waals surface area contributed by atoms with Crippen LogP contribution in [0.15, 0.2) is 24.3 Å². The molecule has 0 atom stereocenters. The van der Waals surface area contributed by atoms with Gasteiger partial charge in [0.15, 0.2) is 0 Å². The van der Waals surface area contributed by atoms with Crippen LogP contribution < -0.4 is 5.73 Å². The molecular formula is C14H18N2O4. The van der Waals surface area contributed by atoms with Gasteiger partial charge in [-0.1, -0.05) is 0 Å². The van der Waals surface area contributed by atoms with Gasteiger partial charge >= 0.3 is 5.97 Å². The number of rotatable bonds is 6. The molecule has 6 heteroatoms. The standard InChI is InChI=1S/C14H18N2O4/c1-9(2)16(8-7-12(17)18)14(20)11-5-3-10(4-6-11)13(15)19/h3-6,9H,7-8H2,1-2H3,(H2,15,19)(H,17,18). The first kappa shape index (κ1) is 15.7. The molecule has 0 heterocycles. The third-order valence-corrected chi connectivity index (χ3v) is 2.87. The van der Waals surface area contributed by atoms with E-state index >= 15 is 0 Å². The summed E-state index contributed by atoms with van der Waals surface area (Å²) in [5.41, 5.74) is 5.85. The van der Waals surface area contributed by atoms with E-state index in [4.69, 9.17) is 10.8 Å². The Morgan fingerprint density at radius 1 is 1.15 bits per heavy atom. The summed E-state index contributed by atoms with van der Waals surface area (Å²) < 4.78 is 0. The van der Waals surface area contributed by atoms with Crippen LogP contribution >= 0.6 is 0 Å². The SMILES string of the molecule is CC(C)N(CCC(=O)O)C(=O)c1ccc(C(N)=O)cc1. The first-order valence-corrected chi connectivity index (χ1v) is 6.25. The van der Waals surface area contributed by atoms with Gasteiger partial charge in [-0.25, -0.2) is 0 Å². The molecule has 0 saturated heterocycles. The molecule has 2 amide bonds. The van der Waals surface area contributed by atoms with E-state index in [-0.39, 0.29) is 24.9 Å².